The fraction of sp³-hybridized carbons (Fsp3) is 0.381. The molecule has 0 spiro atoms. The lowest BCUT2D eigenvalue weighted by Crippen LogP contribution is -2.35. The molecule has 2 aromatic rings. The predicted octanol–water partition coefficient (Wildman–Crippen LogP) is 3.88. The summed E-state index contributed by atoms with van der Waals surface area (Å²) in [5.74, 6) is 2.15. The molecular formula is C21H26N2O3S3. The molecule has 156 valence electrons. The van der Waals surface area contributed by atoms with Crippen molar-refractivity contribution in [3.63, 3.8) is 0 Å². The average molecular weight is 451 g/mol. The summed E-state index contributed by atoms with van der Waals surface area (Å²) in [5, 5.41) is 2.77. The lowest BCUT2D eigenvalue weighted by atomic mass is 10.1. The van der Waals surface area contributed by atoms with Crippen LogP contribution in [0, 0.1) is 13.8 Å². The summed E-state index contributed by atoms with van der Waals surface area (Å²) in [5.41, 5.74) is 3.40. The van der Waals surface area contributed by atoms with Crippen molar-refractivity contribution in [2.24, 2.45) is 0 Å². The second-order valence-electron chi connectivity index (χ2n) is 6.97. The zero-order valence-electron chi connectivity index (χ0n) is 16.6. The van der Waals surface area contributed by atoms with Gasteiger partial charge in [0.25, 0.3) is 5.91 Å². The predicted molar refractivity (Wildman–Crippen MR) is 122 cm³/mol. The monoisotopic (exact) mass is 450 g/mol. The van der Waals surface area contributed by atoms with Crippen molar-refractivity contribution in [3.8, 4) is 0 Å². The maximum Gasteiger partial charge on any atom is 0.251 e. The second-order valence-corrected chi connectivity index (χ2v) is 11.4. The van der Waals surface area contributed by atoms with Crippen molar-refractivity contribution >= 4 is 39.5 Å². The first-order valence-corrected chi connectivity index (χ1v) is 13.1. The van der Waals surface area contributed by atoms with E-state index in [1.807, 2.05) is 60.8 Å². The molecule has 29 heavy (non-hydrogen) atoms. The highest BCUT2D eigenvalue weighted by molar-refractivity contribution is 8.16. The van der Waals surface area contributed by atoms with Crippen molar-refractivity contribution in [2.75, 3.05) is 24.6 Å². The Kier molecular flexibility index (Phi) is 7.67. The Labute approximate surface area is 181 Å². The third-order valence-electron chi connectivity index (χ3n) is 4.61. The smallest absolute Gasteiger partial charge is 0.251 e. The minimum absolute atomic E-state index is 0.134. The number of hydrogen-bond acceptors (Lipinski definition) is 5. The molecule has 2 aromatic carbocycles. The van der Waals surface area contributed by atoms with E-state index < -0.39 is 10.0 Å². The molecule has 0 unspecified atom stereocenters. The Bertz CT molecular complexity index is 954. The first kappa shape index (κ1) is 22.2. The highest BCUT2D eigenvalue weighted by Gasteiger charge is 2.18. The van der Waals surface area contributed by atoms with Crippen LogP contribution < -0.4 is 10.0 Å². The maximum absolute atomic E-state index is 12.5. The SMILES string of the molecule is Cc1ccc(C)c(S(=O)(=O)NCCNC(=O)c2ccc(C3SCCCS3)cc2)c1. The van der Waals surface area contributed by atoms with Gasteiger partial charge in [0.15, 0.2) is 0 Å². The van der Waals surface area contributed by atoms with E-state index in [1.165, 1.54) is 23.5 Å². The molecular weight excluding hydrogens is 424 g/mol. The molecule has 1 amide bonds. The zero-order chi connectivity index (χ0) is 20.9. The number of carbonyl (C=O) groups is 1. The Hall–Kier alpha value is -1.48. The van der Waals surface area contributed by atoms with Crippen molar-refractivity contribution in [3.05, 3.63) is 64.7 Å². The molecule has 8 heteroatoms. The van der Waals surface area contributed by atoms with Crippen LogP contribution in [0.4, 0.5) is 0 Å². The van der Waals surface area contributed by atoms with Gasteiger partial charge in [-0.15, -0.1) is 23.5 Å². The van der Waals surface area contributed by atoms with E-state index in [0.717, 1.165) is 5.56 Å². The topological polar surface area (TPSA) is 75.3 Å². The fourth-order valence-corrected chi connectivity index (χ4v) is 7.26. The van der Waals surface area contributed by atoms with Crippen LogP contribution in [0.3, 0.4) is 0 Å². The number of hydrogen-bond donors (Lipinski definition) is 2. The van der Waals surface area contributed by atoms with Gasteiger partial charge in [-0.1, -0.05) is 24.3 Å². The number of nitrogens with one attached hydrogen (secondary N) is 2. The van der Waals surface area contributed by atoms with Crippen molar-refractivity contribution in [2.45, 2.75) is 29.7 Å². The van der Waals surface area contributed by atoms with E-state index >= 15 is 0 Å². The van der Waals surface area contributed by atoms with E-state index in [9.17, 15) is 13.2 Å². The lowest BCUT2D eigenvalue weighted by Gasteiger charge is -2.21. The van der Waals surface area contributed by atoms with Gasteiger partial charge < -0.3 is 5.32 Å². The van der Waals surface area contributed by atoms with E-state index in [0.29, 0.717) is 15.7 Å². The van der Waals surface area contributed by atoms with Crippen molar-refractivity contribution in [1.82, 2.24) is 10.0 Å². The lowest BCUT2D eigenvalue weighted by molar-refractivity contribution is 0.0954. The third-order valence-corrected chi connectivity index (χ3v) is 9.23. The number of benzene rings is 2. The minimum Gasteiger partial charge on any atom is -0.351 e. The van der Waals surface area contributed by atoms with Crippen LogP contribution in [-0.2, 0) is 10.0 Å². The summed E-state index contributed by atoms with van der Waals surface area (Å²) in [4.78, 5) is 12.6. The number of aryl methyl sites for hydroxylation is 2. The van der Waals surface area contributed by atoms with Gasteiger partial charge in [0.1, 0.15) is 0 Å². The Morgan fingerprint density at radius 1 is 1.03 bits per heavy atom. The number of thioether (sulfide) groups is 2. The van der Waals surface area contributed by atoms with E-state index in [2.05, 4.69) is 10.0 Å². The largest absolute Gasteiger partial charge is 0.351 e. The fourth-order valence-electron chi connectivity index (χ4n) is 3.01. The molecule has 1 heterocycles. The number of sulfonamides is 1. The number of rotatable bonds is 7. The Morgan fingerprint density at radius 3 is 2.41 bits per heavy atom. The summed E-state index contributed by atoms with van der Waals surface area (Å²) in [6.07, 6.45) is 1.25. The standard InChI is InChI=1S/C21H26N2O3S3/c1-15-4-5-16(2)19(14-15)29(25,26)23-11-10-22-20(24)17-6-8-18(9-7-17)21-27-12-3-13-28-21/h4-9,14,21,23H,3,10-13H2,1-2H3,(H,22,24). The van der Waals surface area contributed by atoms with Gasteiger partial charge in [0, 0.05) is 18.7 Å². The molecule has 0 aliphatic carbocycles. The molecule has 5 nitrogen and oxygen atoms in total. The van der Waals surface area contributed by atoms with Crippen LogP contribution in [0.5, 0.6) is 0 Å². The van der Waals surface area contributed by atoms with E-state index in [4.69, 9.17) is 0 Å². The highest BCUT2D eigenvalue weighted by Crippen LogP contribution is 2.43. The summed E-state index contributed by atoms with van der Waals surface area (Å²) in [6, 6.07) is 13.0. The van der Waals surface area contributed by atoms with Crippen LogP contribution in [-0.4, -0.2) is 38.9 Å². The van der Waals surface area contributed by atoms with Gasteiger partial charge in [-0.25, -0.2) is 13.1 Å². The molecule has 1 fully saturated rings. The average Bonchev–Trinajstić information content (AvgIpc) is 2.73. The molecule has 1 aliphatic heterocycles. The number of amides is 1. The quantitative estimate of drug-likeness (QED) is 0.626. The van der Waals surface area contributed by atoms with E-state index in [-0.39, 0.29) is 23.9 Å². The van der Waals surface area contributed by atoms with Crippen LogP contribution in [0.2, 0.25) is 0 Å². The summed E-state index contributed by atoms with van der Waals surface area (Å²) < 4.78 is 28.0. The highest BCUT2D eigenvalue weighted by atomic mass is 32.2. The maximum atomic E-state index is 12.5. The summed E-state index contributed by atoms with van der Waals surface area (Å²) in [7, 11) is -3.60. The Balaban J connectivity index is 1.50. The molecule has 2 N–H and O–H groups in total. The van der Waals surface area contributed by atoms with Gasteiger partial charge in [0.05, 0.1) is 9.48 Å². The first-order valence-electron chi connectivity index (χ1n) is 9.55. The summed E-state index contributed by atoms with van der Waals surface area (Å²) in [6.45, 7) is 3.98. The molecule has 3 rings (SSSR count). The normalized spacial score (nSPS) is 15.2. The molecule has 0 radical (unpaired) electrons. The minimum atomic E-state index is -3.60. The number of carbonyl (C=O) groups excluding carboxylic acids is 1. The van der Waals surface area contributed by atoms with Gasteiger partial charge in [-0.2, -0.15) is 0 Å². The Morgan fingerprint density at radius 2 is 1.72 bits per heavy atom. The molecule has 0 aromatic heterocycles. The van der Waals surface area contributed by atoms with Crippen molar-refractivity contribution < 1.29 is 13.2 Å². The second kappa shape index (κ2) is 10.0. The first-order chi connectivity index (χ1) is 13.9. The van der Waals surface area contributed by atoms with Crippen LogP contribution in [0.25, 0.3) is 0 Å². The van der Waals surface area contributed by atoms with Gasteiger partial charge in [-0.3, -0.25) is 4.79 Å². The summed E-state index contributed by atoms with van der Waals surface area (Å²) >= 11 is 3.89. The molecule has 0 saturated carbocycles. The molecule has 1 aliphatic rings. The molecule has 0 atom stereocenters. The van der Waals surface area contributed by atoms with Crippen LogP contribution in [0.1, 0.15) is 38.1 Å². The van der Waals surface area contributed by atoms with E-state index in [1.54, 1.807) is 19.1 Å². The van der Waals surface area contributed by atoms with Gasteiger partial charge >= 0.3 is 0 Å². The molecule has 0 bridgehead atoms. The zero-order valence-corrected chi connectivity index (χ0v) is 19.1. The van der Waals surface area contributed by atoms with Crippen molar-refractivity contribution in [1.29, 1.82) is 0 Å². The van der Waals surface area contributed by atoms with Crippen LogP contribution in [0.15, 0.2) is 47.4 Å². The molecule has 1 saturated heterocycles. The van der Waals surface area contributed by atoms with Crippen LogP contribution >= 0.6 is 23.5 Å². The van der Waals surface area contributed by atoms with Gasteiger partial charge in [0.2, 0.25) is 10.0 Å². The third kappa shape index (κ3) is 6.01. The van der Waals surface area contributed by atoms with Gasteiger partial charge in [-0.05, 0) is 66.7 Å².